The molecule has 3 heteroatoms. The molecule has 2 aliphatic carbocycles. The van der Waals surface area contributed by atoms with Crippen LogP contribution >= 0.6 is 0 Å². The van der Waals surface area contributed by atoms with Gasteiger partial charge in [0.15, 0.2) is 11.6 Å². The highest BCUT2D eigenvalue weighted by atomic mass is 19.2. The molecule has 0 heterocycles. The molecule has 0 amide bonds. The molecule has 2 aliphatic rings. The van der Waals surface area contributed by atoms with E-state index < -0.39 is 11.6 Å². The van der Waals surface area contributed by atoms with Gasteiger partial charge in [-0.15, -0.1) is 0 Å². The summed E-state index contributed by atoms with van der Waals surface area (Å²) in [5.41, 5.74) is 2.30. The number of hydrogen-bond acceptors (Lipinski definition) is 1. The lowest BCUT2D eigenvalue weighted by atomic mass is 9.76. The molecule has 0 radical (unpaired) electrons. The van der Waals surface area contributed by atoms with Gasteiger partial charge in [-0.2, -0.15) is 4.39 Å². The van der Waals surface area contributed by atoms with Crippen LogP contribution in [0.25, 0.3) is 11.1 Å². The van der Waals surface area contributed by atoms with Gasteiger partial charge in [-0.25, -0.2) is 4.39 Å². The molecular weight excluding hydrogens is 450 g/mol. The lowest BCUT2D eigenvalue weighted by Gasteiger charge is -2.29. The average molecular weight is 495 g/mol. The molecule has 2 aromatic rings. The molecule has 0 unspecified atom stereocenters. The molecule has 0 saturated heterocycles. The monoisotopic (exact) mass is 494 g/mol. The molecule has 196 valence electrons. The minimum absolute atomic E-state index is 0.0312. The number of halogens is 2. The summed E-state index contributed by atoms with van der Waals surface area (Å²) in [4.78, 5) is 0. The van der Waals surface area contributed by atoms with Crippen LogP contribution in [0.3, 0.4) is 0 Å². The first-order chi connectivity index (χ1) is 17.6. The zero-order valence-electron chi connectivity index (χ0n) is 22.3. The van der Waals surface area contributed by atoms with E-state index in [1.54, 1.807) is 13.0 Å². The lowest BCUT2D eigenvalue weighted by molar-refractivity contribution is 0.288. The Balaban J connectivity index is 1.25. The molecule has 2 saturated carbocycles. The number of ether oxygens (including phenoxy) is 1. The van der Waals surface area contributed by atoms with Crippen LogP contribution in [0.5, 0.6) is 5.75 Å². The van der Waals surface area contributed by atoms with Gasteiger partial charge < -0.3 is 4.74 Å². The van der Waals surface area contributed by atoms with Gasteiger partial charge in [-0.1, -0.05) is 69.0 Å². The third-order valence-electron chi connectivity index (χ3n) is 8.57. The summed E-state index contributed by atoms with van der Waals surface area (Å²) in [6, 6.07) is 11.2. The van der Waals surface area contributed by atoms with E-state index >= 15 is 0 Å². The van der Waals surface area contributed by atoms with Gasteiger partial charge in [0.2, 0.25) is 5.82 Å². The van der Waals surface area contributed by atoms with Crippen molar-refractivity contribution in [2.75, 3.05) is 6.61 Å². The van der Waals surface area contributed by atoms with Crippen molar-refractivity contribution in [1.29, 1.82) is 0 Å². The molecular formula is C33H44F2O. The number of allylic oxidation sites excluding steroid dienone is 2. The molecule has 0 bridgehead atoms. The zero-order valence-corrected chi connectivity index (χ0v) is 22.3. The van der Waals surface area contributed by atoms with Gasteiger partial charge in [-0.3, -0.25) is 0 Å². The standard InChI is InChI=1S/C33H44F2O/c1-3-5-6-7-24-8-10-25(11-9-24)12-13-26-14-16-27(17-15-26)28-18-20-29(21-19-28)30-22-23-31(36-4-2)33(35)32(30)34/h12-13,18-27H,3-11,14-17H2,1-2H3/b13-12+. The van der Waals surface area contributed by atoms with Crippen LogP contribution < -0.4 is 4.74 Å². The highest BCUT2D eigenvalue weighted by molar-refractivity contribution is 5.65. The summed E-state index contributed by atoms with van der Waals surface area (Å²) >= 11 is 0. The molecule has 2 fully saturated rings. The Morgan fingerprint density at radius 1 is 0.750 bits per heavy atom. The summed E-state index contributed by atoms with van der Waals surface area (Å²) in [6.45, 7) is 4.36. The molecule has 1 nitrogen and oxygen atoms in total. The Labute approximate surface area is 217 Å². The highest BCUT2D eigenvalue weighted by Gasteiger charge is 2.23. The average Bonchev–Trinajstić information content (AvgIpc) is 2.92. The zero-order chi connectivity index (χ0) is 25.3. The van der Waals surface area contributed by atoms with Gasteiger partial charge in [0.05, 0.1) is 6.61 Å². The van der Waals surface area contributed by atoms with Crippen molar-refractivity contribution in [2.45, 2.75) is 96.8 Å². The quantitative estimate of drug-likeness (QED) is 0.236. The Morgan fingerprint density at radius 3 is 2.00 bits per heavy atom. The van der Waals surface area contributed by atoms with E-state index in [4.69, 9.17) is 4.74 Å². The second-order valence-corrected chi connectivity index (χ2v) is 11.1. The normalized spacial score (nSPS) is 24.8. The molecule has 0 atom stereocenters. The Morgan fingerprint density at radius 2 is 1.39 bits per heavy atom. The maximum Gasteiger partial charge on any atom is 0.201 e. The van der Waals surface area contributed by atoms with Crippen molar-refractivity contribution < 1.29 is 13.5 Å². The first-order valence-electron chi connectivity index (χ1n) is 14.5. The van der Waals surface area contributed by atoms with Crippen molar-refractivity contribution in [3.63, 3.8) is 0 Å². The van der Waals surface area contributed by atoms with Crippen molar-refractivity contribution in [2.24, 2.45) is 17.8 Å². The SMILES string of the molecule is CCCCCC1CCC(/C=C/C2CCC(c3ccc(-c4ccc(OCC)c(F)c4F)cc3)CC2)CC1. The summed E-state index contributed by atoms with van der Waals surface area (Å²) in [5, 5.41) is 0. The fourth-order valence-corrected chi connectivity index (χ4v) is 6.27. The maximum absolute atomic E-state index is 14.6. The molecule has 0 N–H and O–H groups in total. The van der Waals surface area contributed by atoms with Crippen molar-refractivity contribution in [3.05, 3.63) is 65.7 Å². The van der Waals surface area contributed by atoms with E-state index in [0.29, 0.717) is 24.0 Å². The smallest absolute Gasteiger partial charge is 0.201 e. The van der Waals surface area contributed by atoms with Crippen molar-refractivity contribution >= 4 is 0 Å². The van der Waals surface area contributed by atoms with E-state index in [1.807, 2.05) is 12.1 Å². The Hall–Kier alpha value is -2.16. The summed E-state index contributed by atoms with van der Waals surface area (Å²) in [6.07, 6.45) is 21.2. The molecule has 2 aromatic carbocycles. The van der Waals surface area contributed by atoms with Crippen LogP contribution in [0, 0.1) is 29.4 Å². The predicted molar refractivity (Wildman–Crippen MR) is 146 cm³/mol. The lowest BCUT2D eigenvalue weighted by Crippen LogP contribution is -2.14. The molecule has 0 aromatic heterocycles. The van der Waals surface area contributed by atoms with Crippen LogP contribution in [0.2, 0.25) is 0 Å². The van der Waals surface area contributed by atoms with Gasteiger partial charge in [-0.05, 0) is 105 Å². The first kappa shape index (κ1) is 26.9. The number of hydrogen-bond donors (Lipinski definition) is 0. The third-order valence-corrected chi connectivity index (χ3v) is 8.57. The minimum Gasteiger partial charge on any atom is -0.491 e. The summed E-state index contributed by atoms with van der Waals surface area (Å²) < 4.78 is 34.1. The highest BCUT2D eigenvalue weighted by Crippen LogP contribution is 2.39. The third kappa shape index (κ3) is 6.99. The minimum atomic E-state index is -0.912. The molecule has 36 heavy (non-hydrogen) atoms. The van der Waals surface area contributed by atoms with E-state index in [-0.39, 0.29) is 11.3 Å². The van der Waals surface area contributed by atoms with E-state index in [9.17, 15) is 8.78 Å². The van der Waals surface area contributed by atoms with Crippen LogP contribution in [0.15, 0.2) is 48.6 Å². The largest absolute Gasteiger partial charge is 0.491 e. The van der Waals surface area contributed by atoms with Crippen LogP contribution in [0.1, 0.15) is 102 Å². The summed E-state index contributed by atoms with van der Waals surface area (Å²) in [7, 11) is 0. The van der Waals surface area contributed by atoms with Gasteiger partial charge >= 0.3 is 0 Å². The Bertz CT molecular complexity index is 964. The van der Waals surface area contributed by atoms with Gasteiger partial charge in [0, 0.05) is 5.56 Å². The maximum atomic E-state index is 14.6. The van der Waals surface area contributed by atoms with Crippen molar-refractivity contribution in [1.82, 2.24) is 0 Å². The first-order valence-corrected chi connectivity index (χ1v) is 14.5. The second-order valence-electron chi connectivity index (χ2n) is 11.1. The van der Waals surface area contributed by atoms with Crippen molar-refractivity contribution in [3.8, 4) is 16.9 Å². The van der Waals surface area contributed by atoms with E-state index in [1.165, 1.54) is 88.7 Å². The van der Waals surface area contributed by atoms with Crippen LogP contribution in [-0.4, -0.2) is 6.61 Å². The Kier molecular flexibility index (Phi) is 10.0. The topological polar surface area (TPSA) is 9.23 Å². The number of rotatable bonds is 10. The van der Waals surface area contributed by atoms with Crippen LogP contribution in [0.4, 0.5) is 8.78 Å². The number of unbranched alkanes of at least 4 members (excludes halogenated alkanes) is 2. The number of benzene rings is 2. The molecule has 0 spiro atoms. The van der Waals surface area contributed by atoms with Crippen LogP contribution in [-0.2, 0) is 0 Å². The van der Waals surface area contributed by atoms with Gasteiger partial charge in [0.25, 0.3) is 0 Å². The van der Waals surface area contributed by atoms with E-state index in [2.05, 4.69) is 31.2 Å². The molecule has 4 rings (SSSR count). The fourth-order valence-electron chi connectivity index (χ4n) is 6.27. The fraction of sp³-hybridized carbons (Fsp3) is 0.576. The van der Waals surface area contributed by atoms with E-state index in [0.717, 1.165) is 11.8 Å². The van der Waals surface area contributed by atoms with Gasteiger partial charge in [0.1, 0.15) is 0 Å². The predicted octanol–water partition coefficient (Wildman–Crippen LogP) is 10.2. The summed E-state index contributed by atoms with van der Waals surface area (Å²) in [5.74, 6) is 1.26. The second kappa shape index (κ2) is 13.4. The molecule has 0 aliphatic heterocycles.